The standard InChI is InChI=1S/C27H28F4N4O2S/c1-17-22(18-7-9-19(10-8-18)24(28)29)16-33-25(35-13-4-11-27(30,31)12-14-35)23(17)26(36)34-20-5-3-6-21(15-20)38(2,32)37/h3,5-10,15-16,24,32H,4,11-14H2,1-2H3,(H,34,36). The zero-order valence-electron chi connectivity index (χ0n) is 20.9. The van der Waals surface area contributed by atoms with Crippen molar-refractivity contribution in [2.24, 2.45) is 0 Å². The predicted octanol–water partition coefficient (Wildman–Crippen LogP) is 6.91. The van der Waals surface area contributed by atoms with Crippen molar-refractivity contribution in [2.75, 3.05) is 29.6 Å². The Balaban J connectivity index is 1.78. The van der Waals surface area contributed by atoms with Crippen LogP contribution in [0.1, 0.15) is 47.2 Å². The molecule has 2 aromatic carbocycles. The fourth-order valence-electron chi connectivity index (χ4n) is 4.49. The number of amides is 1. The number of halogens is 4. The lowest BCUT2D eigenvalue weighted by atomic mass is 9.97. The van der Waals surface area contributed by atoms with Crippen LogP contribution >= 0.6 is 0 Å². The van der Waals surface area contributed by atoms with Crippen LogP contribution < -0.4 is 10.2 Å². The topological polar surface area (TPSA) is 86.2 Å². The molecule has 202 valence electrons. The van der Waals surface area contributed by atoms with Crippen LogP contribution in [0.3, 0.4) is 0 Å². The second-order valence-corrected chi connectivity index (χ2v) is 11.6. The van der Waals surface area contributed by atoms with E-state index in [1.165, 1.54) is 48.9 Å². The number of hydrogen-bond acceptors (Lipinski definition) is 5. The maximum atomic E-state index is 14.1. The number of aromatic nitrogens is 1. The summed E-state index contributed by atoms with van der Waals surface area (Å²) in [4.78, 5) is 20.1. The van der Waals surface area contributed by atoms with Gasteiger partial charge in [0.1, 0.15) is 5.82 Å². The van der Waals surface area contributed by atoms with Crippen molar-refractivity contribution >= 4 is 27.1 Å². The van der Waals surface area contributed by atoms with Crippen LogP contribution in [0.25, 0.3) is 11.1 Å². The fraction of sp³-hybridized carbons (Fsp3) is 0.333. The van der Waals surface area contributed by atoms with E-state index in [2.05, 4.69) is 10.3 Å². The first-order chi connectivity index (χ1) is 17.9. The molecule has 3 aromatic rings. The average Bonchev–Trinajstić information content (AvgIpc) is 3.03. The van der Waals surface area contributed by atoms with E-state index in [1.54, 1.807) is 24.0 Å². The Morgan fingerprint density at radius 1 is 1.13 bits per heavy atom. The minimum Gasteiger partial charge on any atom is -0.356 e. The Kier molecular flexibility index (Phi) is 7.78. The average molecular weight is 549 g/mol. The van der Waals surface area contributed by atoms with Crippen molar-refractivity contribution in [3.63, 3.8) is 0 Å². The lowest BCUT2D eigenvalue weighted by molar-refractivity contribution is -0.0102. The Hall–Kier alpha value is -3.47. The van der Waals surface area contributed by atoms with E-state index in [9.17, 15) is 26.6 Å². The van der Waals surface area contributed by atoms with Crippen molar-refractivity contribution in [1.29, 1.82) is 4.78 Å². The molecule has 0 saturated carbocycles. The molecule has 1 unspecified atom stereocenters. The molecule has 4 rings (SSSR count). The number of nitrogens with one attached hydrogen (secondary N) is 2. The SMILES string of the molecule is Cc1c(-c2ccc(C(F)F)cc2)cnc(N2CCCC(F)(F)CC2)c1C(=O)Nc1cccc(S(C)(=N)=O)c1. The summed E-state index contributed by atoms with van der Waals surface area (Å²) in [6, 6.07) is 11.8. The molecule has 0 spiro atoms. The summed E-state index contributed by atoms with van der Waals surface area (Å²) in [5.74, 6) is -3.11. The molecule has 1 aliphatic rings. The zero-order valence-corrected chi connectivity index (χ0v) is 21.8. The van der Waals surface area contributed by atoms with Crippen LogP contribution in [-0.4, -0.2) is 40.4 Å². The van der Waals surface area contributed by atoms with E-state index in [0.29, 0.717) is 22.4 Å². The molecule has 38 heavy (non-hydrogen) atoms. The summed E-state index contributed by atoms with van der Waals surface area (Å²) < 4.78 is 74.3. The van der Waals surface area contributed by atoms with Crippen molar-refractivity contribution < 1.29 is 26.6 Å². The second-order valence-electron chi connectivity index (χ2n) is 9.44. The van der Waals surface area contributed by atoms with Crippen LogP contribution in [0.15, 0.2) is 59.6 Å². The van der Waals surface area contributed by atoms with Gasteiger partial charge in [-0.1, -0.05) is 30.3 Å². The van der Waals surface area contributed by atoms with Crippen molar-refractivity contribution in [2.45, 2.75) is 43.4 Å². The summed E-state index contributed by atoms with van der Waals surface area (Å²) in [6.07, 6.45) is -0.225. The highest BCUT2D eigenvalue weighted by Crippen LogP contribution is 2.35. The van der Waals surface area contributed by atoms with Crippen LogP contribution in [0.2, 0.25) is 0 Å². The van der Waals surface area contributed by atoms with Gasteiger partial charge in [0.25, 0.3) is 12.3 Å². The minimum absolute atomic E-state index is 0.00831. The Morgan fingerprint density at radius 3 is 2.50 bits per heavy atom. The minimum atomic E-state index is -3.02. The molecule has 1 fully saturated rings. The van der Waals surface area contributed by atoms with Gasteiger partial charge in [-0.25, -0.2) is 31.5 Å². The third kappa shape index (κ3) is 6.15. The first kappa shape index (κ1) is 27.6. The van der Waals surface area contributed by atoms with Crippen molar-refractivity contribution in [1.82, 2.24) is 4.98 Å². The largest absolute Gasteiger partial charge is 0.356 e. The smallest absolute Gasteiger partial charge is 0.263 e. The van der Waals surface area contributed by atoms with Gasteiger partial charge in [-0.2, -0.15) is 0 Å². The van der Waals surface area contributed by atoms with E-state index < -0.39 is 28.0 Å². The predicted molar refractivity (Wildman–Crippen MR) is 140 cm³/mol. The van der Waals surface area contributed by atoms with E-state index in [-0.39, 0.29) is 54.2 Å². The number of nitrogens with zero attached hydrogens (tertiary/aromatic N) is 2. The molecule has 1 atom stereocenters. The first-order valence-electron chi connectivity index (χ1n) is 12.0. The van der Waals surface area contributed by atoms with Crippen molar-refractivity contribution in [3.05, 3.63) is 71.4 Å². The Labute approximate surface area is 219 Å². The number of carbonyl (C=O) groups excluding carboxylic acids is 1. The summed E-state index contributed by atoms with van der Waals surface area (Å²) in [5, 5.41) is 2.76. The highest BCUT2D eigenvalue weighted by Gasteiger charge is 2.33. The van der Waals surface area contributed by atoms with Gasteiger partial charge in [0.15, 0.2) is 0 Å². The highest BCUT2D eigenvalue weighted by atomic mass is 32.2. The molecular weight excluding hydrogens is 520 g/mol. The molecule has 2 N–H and O–H groups in total. The van der Waals surface area contributed by atoms with E-state index in [4.69, 9.17) is 4.78 Å². The maximum Gasteiger partial charge on any atom is 0.263 e. The molecule has 2 heterocycles. The lowest BCUT2D eigenvalue weighted by Gasteiger charge is -2.26. The van der Waals surface area contributed by atoms with Crippen molar-refractivity contribution in [3.8, 4) is 11.1 Å². The Morgan fingerprint density at radius 2 is 1.84 bits per heavy atom. The summed E-state index contributed by atoms with van der Waals surface area (Å²) in [7, 11) is -3.02. The lowest BCUT2D eigenvalue weighted by Crippen LogP contribution is -2.30. The molecule has 0 aliphatic carbocycles. The summed E-state index contributed by atoms with van der Waals surface area (Å²) >= 11 is 0. The van der Waals surface area contributed by atoms with Gasteiger partial charge >= 0.3 is 0 Å². The van der Waals surface area contributed by atoms with Crippen LogP contribution in [0.5, 0.6) is 0 Å². The molecule has 1 saturated heterocycles. The quantitative estimate of drug-likeness (QED) is 0.328. The number of alkyl halides is 4. The Bertz CT molecular complexity index is 1440. The fourth-order valence-corrected chi connectivity index (χ4v) is 5.18. The van der Waals surface area contributed by atoms with Gasteiger partial charge < -0.3 is 10.2 Å². The number of anilines is 2. The molecule has 0 radical (unpaired) electrons. The number of carbonyl (C=O) groups is 1. The molecule has 1 aliphatic heterocycles. The monoisotopic (exact) mass is 548 g/mol. The van der Waals surface area contributed by atoms with Gasteiger partial charge in [0, 0.05) is 60.1 Å². The summed E-state index contributed by atoms with van der Waals surface area (Å²) in [5.41, 5.74) is 1.96. The van der Waals surface area contributed by atoms with Gasteiger partial charge in [0.2, 0.25) is 5.92 Å². The highest BCUT2D eigenvalue weighted by molar-refractivity contribution is 7.91. The third-order valence-corrected chi connectivity index (χ3v) is 7.73. The molecule has 1 amide bonds. The van der Waals surface area contributed by atoms with Gasteiger partial charge in [-0.05, 0) is 42.7 Å². The third-order valence-electron chi connectivity index (χ3n) is 6.58. The van der Waals surface area contributed by atoms with E-state index in [0.717, 1.165) is 0 Å². The van der Waals surface area contributed by atoms with Gasteiger partial charge in [-0.3, -0.25) is 4.79 Å². The van der Waals surface area contributed by atoms with Gasteiger partial charge in [0.05, 0.1) is 15.3 Å². The number of pyridine rings is 1. The molecule has 0 bridgehead atoms. The van der Waals surface area contributed by atoms with Crippen LogP contribution in [-0.2, 0) is 9.73 Å². The normalized spacial score (nSPS) is 17.1. The number of benzene rings is 2. The van der Waals surface area contributed by atoms with E-state index in [1.807, 2.05) is 0 Å². The molecule has 1 aromatic heterocycles. The van der Waals surface area contributed by atoms with Crippen LogP contribution in [0, 0.1) is 11.7 Å². The summed E-state index contributed by atoms with van der Waals surface area (Å²) in [6.45, 7) is 1.99. The molecule has 6 nitrogen and oxygen atoms in total. The van der Waals surface area contributed by atoms with Gasteiger partial charge in [-0.15, -0.1) is 0 Å². The second kappa shape index (κ2) is 10.7. The maximum absolute atomic E-state index is 14.1. The molecular formula is C27H28F4N4O2S. The zero-order chi connectivity index (χ0) is 27.7. The van der Waals surface area contributed by atoms with Crippen LogP contribution in [0.4, 0.5) is 29.1 Å². The molecule has 11 heteroatoms. The first-order valence-corrected chi connectivity index (χ1v) is 14.0. The number of rotatable bonds is 6. The number of hydrogen-bond donors (Lipinski definition) is 2. The van der Waals surface area contributed by atoms with E-state index >= 15 is 0 Å².